The van der Waals surface area contributed by atoms with Crippen LogP contribution in [0.2, 0.25) is 0 Å². The number of nitrogens with zero attached hydrogens (tertiary/aromatic N) is 2. The Hall–Kier alpha value is -2.05. The van der Waals surface area contributed by atoms with Crippen molar-refractivity contribution in [2.75, 3.05) is 18.0 Å². The lowest BCUT2D eigenvalue weighted by Crippen LogP contribution is -2.40. The molecule has 24 heavy (non-hydrogen) atoms. The largest absolute Gasteiger partial charge is 0.417 e. The third kappa shape index (κ3) is 3.88. The average molecular weight is 339 g/mol. The Morgan fingerprint density at radius 1 is 1.25 bits per heavy atom. The molecule has 1 amide bonds. The first kappa shape index (κ1) is 16.8. The molecule has 1 N–H and O–H groups in total. The lowest BCUT2D eigenvalue weighted by Gasteiger charge is -2.21. The van der Waals surface area contributed by atoms with Crippen molar-refractivity contribution in [2.45, 2.75) is 37.9 Å². The van der Waals surface area contributed by atoms with Gasteiger partial charge in [-0.3, -0.25) is 4.79 Å². The number of pyridine rings is 1. The number of rotatable bonds is 3. The number of hydrogen-bond donors (Lipinski definition) is 1. The van der Waals surface area contributed by atoms with E-state index in [9.17, 15) is 18.0 Å². The lowest BCUT2D eigenvalue weighted by molar-refractivity contribution is -0.137. The third-order valence-corrected chi connectivity index (χ3v) is 4.57. The molecule has 1 fully saturated rings. The van der Waals surface area contributed by atoms with Gasteiger partial charge in [-0.05, 0) is 37.8 Å². The molecule has 0 bridgehead atoms. The second-order valence-electron chi connectivity index (χ2n) is 6.32. The highest BCUT2D eigenvalue weighted by molar-refractivity contribution is 5.79. The van der Waals surface area contributed by atoms with Gasteiger partial charge in [0.1, 0.15) is 5.82 Å². The number of hydrogen-bond acceptors (Lipinski definition) is 3. The van der Waals surface area contributed by atoms with E-state index in [1.807, 2.05) is 11.0 Å². The maximum Gasteiger partial charge on any atom is 0.417 e. The number of anilines is 1. The topological polar surface area (TPSA) is 45.2 Å². The predicted molar refractivity (Wildman–Crippen MR) is 84.5 cm³/mol. The summed E-state index contributed by atoms with van der Waals surface area (Å²) in [5.41, 5.74) is -0.749. The van der Waals surface area contributed by atoms with Gasteiger partial charge in [0.25, 0.3) is 0 Å². The molecule has 2 aliphatic rings. The number of aromatic nitrogens is 1. The zero-order valence-corrected chi connectivity index (χ0v) is 13.2. The zero-order valence-electron chi connectivity index (χ0n) is 13.2. The summed E-state index contributed by atoms with van der Waals surface area (Å²) in [6.45, 7) is 1.25. The van der Waals surface area contributed by atoms with Gasteiger partial charge in [-0.25, -0.2) is 4.98 Å². The Kier molecular flexibility index (Phi) is 4.78. The van der Waals surface area contributed by atoms with Gasteiger partial charge in [-0.1, -0.05) is 12.2 Å². The molecule has 1 saturated heterocycles. The van der Waals surface area contributed by atoms with E-state index in [2.05, 4.69) is 16.4 Å². The molecular formula is C17H20F3N3O. The number of allylic oxidation sites excluding steroid dienone is 2. The van der Waals surface area contributed by atoms with Gasteiger partial charge in [0.15, 0.2) is 0 Å². The van der Waals surface area contributed by atoms with E-state index >= 15 is 0 Å². The van der Waals surface area contributed by atoms with Crippen LogP contribution in [0, 0.1) is 5.92 Å². The lowest BCUT2D eigenvalue weighted by atomic mass is 9.93. The smallest absolute Gasteiger partial charge is 0.354 e. The maximum atomic E-state index is 12.6. The fourth-order valence-corrected chi connectivity index (χ4v) is 3.18. The molecule has 0 saturated carbocycles. The van der Waals surface area contributed by atoms with Crippen molar-refractivity contribution in [2.24, 2.45) is 5.92 Å². The standard InChI is InChI=1S/C17H20F3N3O/c18-17(19,20)13-6-7-15(21-10-13)23-9-8-14(11-23)22-16(24)12-4-2-1-3-5-12/h1-2,6-7,10,12,14H,3-5,8-9,11H2,(H,22,24). The highest BCUT2D eigenvalue weighted by Gasteiger charge is 2.32. The van der Waals surface area contributed by atoms with Crippen molar-refractivity contribution in [3.8, 4) is 0 Å². The zero-order chi connectivity index (χ0) is 17.2. The Morgan fingerprint density at radius 2 is 2.08 bits per heavy atom. The normalized spacial score (nSPS) is 24.2. The SMILES string of the molecule is O=C(NC1CCN(c2ccc(C(F)(F)F)cn2)C1)C1CC=CCC1. The number of halogens is 3. The van der Waals surface area contributed by atoms with Crippen LogP contribution in [-0.2, 0) is 11.0 Å². The van der Waals surface area contributed by atoms with Crippen LogP contribution >= 0.6 is 0 Å². The number of amides is 1. The van der Waals surface area contributed by atoms with E-state index in [0.29, 0.717) is 18.9 Å². The molecule has 130 valence electrons. The first-order valence-corrected chi connectivity index (χ1v) is 8.17. The summed E-state index contributed by atoms with van der Waals surface area (Å²) in [7, 11) is 0. The molecule has 7 heteroatoms. The van der Waals surface area contributed by atoms with Crippen LogP contribution < -0.4 is 10.2 Å². The first-order chi connectivity index (χ1) is 11.4. The Labute approximate surface area is 138 Å². The van der Waals surface area contributed by atoms with E-state index in [1.54, 1.807) is 0 Å². The van der Waals surface area contributed by atoms with Crippen molar-refractivity contribution >= 4 is 11.7 Å². The highest BCUT2D eigenvalue weighted by Crippen LogP contribution is 2.30. The van der Waals surface area contributed by atoms with Crippen molar-refractivity contribution in [1.29, 1.82) is 0 Å². The van der Waals surface area contributed by atoms with Crippen LogP contribution in [0.5, 0.6) is 0 Å². The molecule has 1 aliphatic carbocycles. The van der Waals surface area contributed by atoms with E-state index in [4.69, 9.17) is 0 Å². The number of carbonyl (C=O) groups is 1. The minimum atomic E-state index is -4.37. The summed E-state index contributed by atoms with van der Waals surface area (Å²) >= 11 is 0. The highest BCUT2D eigenvalue weighted by atomic mass is 19.4. The summed E-state index contributed by atoms with van der Waals surface area (Å²) < 4.78 is 37.7. The molecule has 1 aromatic heterocycles. The molecule has 0 aromatic carbocycles. The van der Waals surface area contributed by atoms with E-state index in [0.717, 1.165) is 37.9 Å². The van der Waals surface area contributed by atoms with Crippen LogP contribution in [-0.4, -0.2) is 30.0 Å². The molecule has 4 nitrogen and oxygen atoms in total. The second kappa shape index (κ2) is 6.83. The van der Waals surface area contributed by atoms with Gasteiger partial charge in [-0.2, -0.15) is 13.2 Å². The molecule has 0 spiro atoms. The van der Waals surface area contributed by atoms with E-state index < -0.39 is 11.7 Å². The second-order valence-corrected chi connectivity index (χ2v) is 6.32. The van der Waals surface area contributed by atoms with Crippen LogP contribution in [0.3, 0.4) is 0 Å². The van der Waals surface area contributed by atoms with Crippen LogP contribution in [0.1, 0.15) is 31.2 Å². The van der Waals surface area contributed by atoms with Crippen molar-refractivity contribution in [3.05, 3.63) is 36.0 Å². The minimum absolute atomic E-state index is 0.0208. The van der Waals surface area contributed by atoms with Gasteiger partial charge in [0, 0.05) is 31.2 Å². The van der Waals surface area contributed by atoms with Crippen molar-refractivity contribution < 1.29 is 18.0 Å². The molecule has 3 rings (SSSR count). The van der Waals surface area contributed by atoms with Crippen LogP contribution in [0.25, 0.3) is 0 Å². The molecule has 0 radical (unpaired) electrons. The number of nitrogens with one attached hydrogen (secondary N) is 1. The quantitative estimate of drug-likeness (QED) is 0.861. The average Bonchev–Trinajstić information content (AvgIpc) is 3.03. The predicted octanol–water partition coefficient (Wildman–Crippen LogP) is 3.15. The van der Waals surface area contributed by atoms with Gasteiger partial charge in [-0.15, -0.1) is 0 Å². The molecule has 1 aliphatic heterocycles. The van der Waals surface area contributed by atoms with Crippen molar-refractivity contribution in [1.82, 2.24) is 10.3 Å². The van der Waals surface area contributed by atoms with E-state index in [-0.39, 0.29) is 17.9 Å². The summed E-state index contributed by atoms with van der Waals surface area (Å²) in [5.74, 6) is 0.625. The fraction of sp³-hybridized carbons (Fsp3) is 0.529. The molecular weight excluding hydrogens is 319 g/mol. The Balaban J connectivity index is 1.55. The maximum absolute atomic E-state index is 12.6. The first-order valence-electron chi connectivity index (χ1n) is 8.17. The summed E-state index contributed by atoms with van der Waals surface area (Å²) in [4.78, 5) is 18.1. The monoisotopic (exact) mass is 339 g/mol. The van der Waals surface area contributed by atoms with Gasteiger partial charge in [0.05, 0.1) is 5.56 Å². The summed E-state index contributed by atoms with van der Waals surface area (Å²) in [6, 6.07) is 2.45. The molecule has 2 unspecified atom stereocenters. The fourth-order valence-electron chi connectivity index (χ4n) is 3.18. The van der Waals surface area contributed by atoms with Gasteiger partial charge in [0.2, 0.25) is 5.91 Å². The number of alkyl halides is 3. The third-order valence-electron chi connectivity index (χ3n) is 4.57. The van der Waals surface area contributed by atoms with Crippen LogP contribution in [0.15, 0.2) is 30.5 Å². The molecule has 1 aromatic rings. The van der Waals surface area contributed by atoms with Crippen LogP contribution in [0.4, 0.5) is 19.0 Å². The molecule has 2 atom stereocenters. The Bertz CT molecular complexity index is 613. The Morgan fingerprint density at radius 3 is 2.71 bits per heavy atom. The number of carbonyl (C=O) groups excluding carboxylic acids is 1. The van der Waals surface area contributed by atoms with E-state index in [1.165, 1.54) is 6.07 Å². The summed E-state index contributed by atoms with van der Waals surface area (Å²) in [6.07, 6.45) is 3.98. The summed E-state index contributed by atoms with van der Waals surface area (Å²) in [5, 5.41) is 3.06. The minimum Gasteiger partial charge on any atom is -0.354 e. The van der Waals surface area contributed by atoms with Crippen molar-refractivity contribution in [3.63, 3.8) is 0 Å². The van der Waals surface area contributed by atoms with Gasteiger partial charge < -0.3 is 10.2 Å². The molecule has 2 heterocycles. The van der Waals surface area contributed by atoms with Gasteiger partial charge >= 0.3 is 6.18 Å².